The zero-order chi connectivity index (χ0) is 17.7. The molecule has 0 aliphatic heterocycles. The number of rotatable bonds is 7. The second-order valence-electron chi connectivity index (χ2n) is 5.72. The van der Waals surface area contributed by atoms with Crippen LogP contribution in [0.3, 0.4) is 0 Å². The van der Waals surface area contributed by atoms with Gasteiger partial charge in [0, 0.05) is 0 Å². The summed E-state index contributed by atoms with van der Waals surface area (Å²) in [6.45, 7) is 3.70. The first-order valence-corrected chi connectivity index (χ1v) is 8.52. The highest BCUT2D eigenvalue weighted by Crippen LogP contribution is 2.29. The van der Waals surface area contributed by atoms with Crippen molar-refractivity contribution in [1.29, 1.82) is 0 Å². The van der Waals surface area contributed by atoms with Gasteiger partial charge in [-0.3, -0.25) is 9.59 Å². The van der Waals surface area contributed by atoms with E-state index in [4.69, 9.17) is 4.74 Å². The van der Waals surface area contributed by atoms with Crippen LogP contribution in [0.4, 0.5) is 0 Å². The molecule has 1 unspecified atom stereocenters. The molecule has 0 fully saturated rings. The topological polar surface area (TPSA) is 75.6 Å². The van der Waals surface area contributed by atoms with Crippen LogP contribution in [0, 0.1) is 0 Å². The van der Waals surface area contributed by atoms with Crippen molar-refractivity contribution in [2.45, 2.75) is 32.2 Å². The number of amides is 1. The number of thiophene rings is 1. The Morgan fingerprint density at radius 1 is 1.33 bits per heavy atom. The fourth-order valence-corrected chi connectivity index (χ4v) is 3.50. The lowest BCUT2D eigenvalue weighted by Crippen LogP contribution is -2.45. The van der Waals surface area contributed by atoms with Crippen LogP contribution in [0.25, 0.3) is 0 Å². The number of carbonyl (C=O) groups is 2. The van der Waals surface area contributed by atoms with Crippen molar-refractivity contribution in [2.24, 2.45) is 0 Å². The molecule has 0 aliphatic carbocycles. The van der Waals surface area contributed by atoms with Gasteiger partial charge in [-0.25, -0.2) is 0 Å². The standard InChI is InChI=1S/C18H21NO4S/c1-4-12-8-9-24-16(12)17(22)19-18(2,11-15(20)21)13-6-5-7-14(10-13)23-3/h5-10H,4,11H2,1-3H3,(H,19,22)(H,20,21). The number of carboxylic acids is 1. The molecule has 0 saturated heterocycles. The maximum atomic E-state index is 12.7. The molecule has 1 heterocycles. The van der Waals surface area contributed by atoms with Gasteiger partial charge < -0.3 is 15.2 Å². The van der Waals surface area contributed by atoms with Crippen LogP contribution in [0.5, 0.6) is 5.75 Å². The highest BCUT2D eigenvalue weighted by atomic mass is 32.1. The van der Waals surface area contributed by atoms with Gasteiger partial charge in [0.15, 0.2) is 0 Å². The minimum Gasteiger partial charge on any atom is -0.497 e. The molecule has 1 amide bonds. The van der Waals surface area contributed by atoms with E-state index in [9.17, 15) is 14.7 Å². The van der Waals surface area contributed by atoms with Crippen LogP contribution in [0.2, 0.25) is 0 Å². The summed E-state index contributed by atoms with van der Waals surface area (Å²) in [4.78, 5) is 24.7. The normalized spacial score (nSPS) is 13.1. The Kier molecular flexibility index (Phi) is 5.62. The van der Waals surface area contributed by atoms with Gasteiger partial charge in [-0.15, -0.1) is 11.3 Å². The summed E-state index contributed by atoms with van der Waals surface area (Å²) in [5, 5.41) is 14.1. The number of carboxylic acid groups (broad SMARTS) is 1. The molecular weight excluding hydrogens is 326 g/mol. The van der Waals surface area contributed by atoms with Gasteiger partial charge in [0.2, 0.25) is 0 Å². The molecule has 0 saturated carbocycles. The lowest BCUT2D eigenvalue weighted by molar-refractivity contribution is -0.138. The smallest absolute Gasteiger partial charge is 0.306 e. The molecular formula is C18H21NO4S. The van der Waals surface area contributed by atoms with Crippen molar-refractivity contribution in [2.75, 3.05) is 7.11 Å². The predicted molar refractivity (Wildman–Crippen MR) is 93.8 cm³/mol. The number of aliphatic carboxylic acids is 1. The van der Waals surface area contributed by atoms with E-state index in [2.05, 4.69) is 5.32 Å². The molecule has 1 aromatic heterocycles. The summed E-state index contributed by atoms with van der Waals surface area (Å²) in [6.07, 6.45) is 0.528. The second kappa shape index (κ2) is 7.49. The quantitative estimate of drug-likeness (QED) is 0.804. The van der Waals surface area contributed by atoms with Gasteiger partial charge in [-0.05, 0) is 48.1 Å². The minimum atomic E-state index is -1.04. The molecule has 2 rings (SSSR count). The Hall–Kier alpha value is -2.34. The van der Waals surface area contributed by atoms with Gasteiger partial charge in [0.25, 0.3) is 5.91 Å². The maximum absolute atomic E-state index is 12.7. The van der Waals surface area contributed by atoms with Crippen LogP contribution in [-0.2, 0) is 16.8 Å². The van der Waals surface area contributed by atoms with Gasteiger partial charge >= 0.3 is 5.97 Å². The third kappa shape index (κ3) is 3.94. The lowest BCUT2D eigenvalue weighted by Gasteiger charge is -2.30. The number of benzene rings is 1. The zero-order valence-electron chi connectivity index (χ0n) is 14.0. The summed E-state index contributed by atoms with van der Waals surface area (Å²) in [5.74, 6) is -0.625. The SMILES string of the molecule is CCc1ccsc1C(=O)NC(C)(CC(=O)O)c1cccc(OC)c1. The average Bonchev–Trinajstić information content (AvgIpc) is 3.03. The number of ether oxygens (including phenoxy) is 1. The van der Waals surface area contributed by atoms with Crippen LogP contribution in [0.1, 0.15) is 41.1 Å². The van der Waals surface area contributed by atoms with E-state index in [1.54, 1.807) is 38.3 Å². The largest absolute Gasteiger partial charge is 0.497 e. The zero-order valence-corrected chi connectivity index (χ0v) is 14.8. The number of aryl methyl sites for hydroxylation is 1. The van der Waals surface area contributed by atoms with Gasteiger partial charge in [0.1, 0.15) is 5.75 Å². The van der Waals surface area contributed by atoms with E-state index in [-0.39, 0.29) is 12.3 Å². The van der Waals surface area contributed by atoms with Crippen LogP contribution >= 0.6 is 11.3 Å². The van der Waals surface area contributed by atoms with E-state index in [1.807, 2.05) is 18.4 Å². The van der Waals surface area contributed by atoms with Crippen molar-refractivity contribution in [1.82, 2.24) is 5.32 Å². The summed E-state index contributed by atoms with van der Waals surface area (Å²) in [6, 6.07) is 9.02. The molecule has 1 aromatic carbocycles. The van der Waals surface area contributed by atoms with Crippen LogP contribution < -0.4 is 10.1 Å². The number of hydrogen-bond donors (Lipinski definition) is 2. The first-order valence-electron chi connectivity index (χ1n) is 7.65. The first kappa shape index (κ1) is 18.0. The average molecular weight is 347 g/mol. The number of hydrogen-bond acceptors (Lipinski definition) is 4. The number of methoxy groups -OCH3 is 1. The Balaban J connectivity index is 2.36. The van der Waals surface area contributed by atoms with E-state index in [1.165, 1.54) is 11.3 Å². The molecule has 2 aromatic rings. The number of carbonyl (C=O) groups excluding carboxylic acids is 1. The highest BCUT2D eigenvalue weighted by molar-refractivity contribution is 7.12. The van der Waals surface area contributed by atoms with E-state index < -0.39 is 11.5 Å². The van der Waals surface area contributed by atoms with E-state index in [0.717, 1.165) is 12.0 Å². The Labute approximate surface area is 145 Å². The van der Waals surface area contributed by atoms with Gasteiger partial charge in [0.05, 0.1) is 23.9 Å². The summed E-state index contributed by atoms with van der Waals surface area (Å²) in [5.41, 5.74) is 0.611. The Morgan fingerprint density at radius 3 is 2.71 bits per heavy atom. The first-order chi connectivity index (χ1) is 11.4. The molecule has 128 valence electrons. The predicted octanol–water partition coefficient (Wildman–Crippen LogP) is 3.44. The molecule has 6 heteroatoms. The summed E-state index contributed by atoms with van der Waals surface area (Å²) < 4.78 is 5.21. The van der Waals surface area contributed by atoms with Crippen molar-refractivity contribution in [3.05, 3.63) is 51.7 Å². The molecule has 5 nitrogen and oxygen atoms in total. The fourth-order valence-electron chi connectivity index (χ4n) is 2.61. The number of nitrogens with one attached hydrogen (secondary N) is 1. The summed E-state index contributed by atoms with van der Waals surface area (Å²) >= 11 is 1.36. The third-order valence-electron chi connectivity index (χ3n) is 3.93. The monoisotopic (exact) mass is 347 g/mol. The molecule has 2 N–H and O–H groups in total. The Morgan fingerprint density at radius 2 is 2.08 bits per heavy atom. The van der Waals surface area contributed by atoms with Crippen molar-refractivity contribution < 1.29 is 19.4 Å². The van der Waals surface area contributed by atoms with Gasteiger partial charge in [-0.2, -0.15) is 0 Å². The lowest BCUT2D eigenvalue weighted by atomic mass is 9.88. The second-order valence-corrected chi connectivity index (χ2v) is 6.63. The Bertz CT molecular complexity index is 740. The minimum absolute atomic E-state index is 0.223. The van der Waals surface area contributed by atoms with Crippen molar-refractivity contribution in [3.63, 3.8) is 0 Å². The van der Waals surface area contributed by atoms with E-state index in [0.29, 0.717) is 16.2 Å². The van der Waals surface area contributed by atoms with Crippen LogP contribution in [0.15, 0.2) is 35.7 Å². The third-order valence-corrected chi connectivity index (χ3v) is 4.89. The molecule has 0 radical (unpaired) electrons. The van der Waals surface area contributed by atoms with Gasteiger partial charge in [-0.1, -0.05) is 19.1 Å². The summed E-state index contributed by atoms with van der Waals surface area (Å²) in [7, 11) is 1.55. The van der Waals surface area contributed by atoms with Crippen molar-refractivity contribution in [3.8, 4) is 5.75 Å². The highest BCUT2D eigenvalue weighted by Gasteiger charge is 2.33. The molecule has 24 heavy (non-hydrogen) atoms. The fraction of sp³-hybridized carbons (Fsp3) is 0.333. The van der Waals surface area contributed by atoms with Crippen molar-refractivity contribution >= 4 is 23.2 Å². The van der Waals surface area contributed by atoms with Crippen LogP contribution in [-0.4, -0.2) is 24.1 Å². The molecule has 0 spiro atoms. The van der Waals surface area contributed by atoms with E-state index >= 15 is 0 Å². The molecule has 0 bridgehead atoms. The maximum Gasteiger partial charge on any atom is 0.306 e. The molecule has 0 aliphatic rings. The molecule has 1 atom stereocenters.